The summed E-state index contributed by atoms with van der Waals surface area (Å²) in [6.07, 6.45) is -8.80. The SMILES string of the molecule is COc1cc(OCc2sc(-c3ccc(C(F)(F)F)cc3)nc2CN2CCC(C(F)(F)F)C2)ccc1-c1noc(=O)[nH]1. The Kier molecular flexibility index (Phi) is 7.83. The van der Waals surface area contributed by atoms with E-state index in [-0.39, 0.29) is 38.5 Å². The van der Waals surface area contributed by atoms with E-state index in [1.54, 1.807) is 23.1 Å². The van der Waals surface area contributed by atoms with Crippen LogP contribution in [0.5, 0.6) is 11.5 Å². The molecule has 1 fully saturated rings. The van der Waals surface area contributed by atoms with Crippen LogP contribution in [0.25, 0.3) is 22.0 Å². The Morgan fingerprint density at radius 1 is 1.12 bits per heavy atom. The quantitative estimate of drug-likeness (QED) is 0.243. The van der Waals surface area contributed by atoms with Gasteiger partial charge < -0.3 is 9.47 Å². The highest BCUT2D eigenvalue weighted by molar-refractivity contribution is 7.15. The molecule has 4 aromatic rings. The summed E-state index contributed by atoms with van der Waals surface area (Å²) in [5.74, 6) is -1.29. The van der Waals surface area contributed by atoms with Crippen LogP contribution >= 0.6 is 11.3 Å². The summed E-state index contributed by atoms with van der Waals surface area (Å²) in [5, 5.41) is 4.06. The fourth-order valence-electron chi connectivity index (χ4n) is 4.45. The van der Waals surface area contributed by atoms with Crippen molar-refractivity contribution in [2.45, 2.75) is 31.9 Å². The van der Waals surface area contributed by atoms with Crippen LogP contribution in [-0.2, 0) is 19.3 Å². The van der Waals surface area contributed by atoms with E-state index < -0.39 is 29.6 Å². The van der Waals surface area contributed by atoms with Gasteiger partial charge in [0.25, 0.3) is 0 Å². The number of nitrogens with one attached hydrogen (secondary N) is 1. The van der Waals surface area contributed by atoms with Crippen molar-refractivity contribution in [3.05, 3.63) is 69.1 Å². The molecule has 3 heterocycles. The number of H-pyrrole nitrogens is 1. The van der Waals surface area contributed by atoms with E-state index in [1.807, 2.05) is 0 Å². The molecule has 1 aliphatic heterocycles. The summed E-state index contributed by atoms with van der Waals surface area (Å²) in [6.45, 7) is 0.192. The molecular weight excluding hydrogens is 578 g/mol. The number of rotatable bonds is 8. The highest BCUT2D eigenvalue weighted by atomic mass is 32.1. The number of hydrogen-bond donors (Lipinski definition) is 1. The number of benzene rings is 2. The van der Waals surface area contributed by atoms with Crippen LogP contribution in [0.15, 0.2) is 51.8 Å². The molecule has 0 aliphatic carbocycles. The van der Waals surface area contributed by atoms with Crippen molar-refractivity contribution in [3.63, 3.8) is 0 Å². The van der Waals surface area contributed by atoms with E-state index in [4.69, 9.17) is 9.47 Å². The molecule has 1 saturated heterocycles. The molecule has 1 unspecified atom stereocenters. The molecule has 0 radical (unpaired) electrons. The van der Waals surface area contributed by atoms with E-state index in [9.17, 15) is 31.1 Å². The standard InChI is InChI=1S/C26H22F6N4O4S/c1-38-20-10-17(6-7-18(20)22-34-24(37)40-35-22)39-13-21-19(12-36-9-8-16(11-36)26(30,31)32)33-23(41-21)14-2-4-15(5-3-14)25(27,28)29/h2-7,10,16H,8-9,11-13H2,1H3,(H,34,35,37). The fourth-order valence-corrected chi connectivity index (χ4v) is 5.44. The zero-order valence-corrected chi connectivity index (χ0v) is 22.1. The van der Waals surface area contributed by atoms with Crippen LogP contribution in [0.4, 0.5) is 26.3 Å². The van der Waals surface area contributed by atoms with Gasteiger partial charge in [-0.15, -0.1) is 11.3 Å². The highest BCUT2D eigenvalue weighted by Gasteiger charge is 2.43. The summed E-state index contributed by atoms with van der Waals surface area (Å²) >= 11 is 1.19. The summed E-state index contributed by atoms with van der Waals surface area (Å²) in [4.78, 5) is 20.6. The van der Waals surface area contributed by atoms with E-state index in [0.717, 1.165) is 12.1 Å². The topological polar surface area (TPSA) is 93.5 Å². The minimum Gasteiger partial charge on any atom is -0.496 e. The number of thiazole rings is 1. The van der Waals surface area contributed by atoms with Gasteiger partial charge in [0.05, 0.1) is 34.7 Å². The lowest BCUT2D eigenvalue weighted by atomic mass is 10.1. The fraction of sp³-hybridized carbons (Fsp3) is 0.346. The minimum atomic E-state index is -4.49. The smallest absolute Gasteiger partial charge is 0.439 e. The predicted octanol–water partition coefficient (Wildman–Crippen LogP) is 6.14. The van der Waals surface area contributed by atoms with Crippen molar-refractivity contribution in [2.75, 3.05) is 20.2 Å². The van der Waals surface area contributed by atoms with Crippen LogP contribution in [0, 0.1) is 5.92 Å². The van der Waals surface area contributed by atoms with E-state index in [0.29, 0.717) is 38.2 Å². The molecule has 15 heteroatoms. The number of methoxy groups -OCH3 is 1. The van der Waals surface area contributed by atoms with Gasteiger partial charge in [0.15, 0.2) is 5.82 Å². The number of hydrogen-bond acceptors (Lipinski definition) is 8. The predicted molar refractivity (Wildman–Crippen MR) is 135 cm³/mol. The maximum Gasteiger partial charge on any atom is 0.439 e. The Morgan fingerprint density at radius 2 is 1.88 bits per heavy atom. The van der Waals surface area contributed by atoms with Crippen molar-refractivity contribution in [2.24, 2.45) is 5.92 Å². The third-order valence-corrected chi connectivity index (χ3v) is 7.70. The molecule has 1 aliphatic rings. The average molecular weight is 601 g/mol. The molecule has 2 aromatic heterocycles. The van der Waals surface area contributed by atoms with Crippen molar-refractivity contribution in [1.29, 1.82) is 0 Å². The molecule has 1 atom stereocenters. The summed E-state index contributed by atoms with van der Waals surface area (Å²) in [6, 6.07) is 9.30. The lowest BCUT2D eigenvalue weighted by molar-refractivity contribution is -0.170. The molecular formula is C26H22F6N4O4S. The Balaban J connectivity index is 1.39. The number of ether oxygens (including phenoxy) is 2. The molecule has 41 heavy (non-hydrogen) atoms. The average Bonchev–Trinajstić information content (AvgIpc) is 3.67. The lowest BCUT2D eigenvalue weighted by Gasteiger charge is -2.17. The number of aromatic nitrogens is 3. The van der Waals surface area contributed by atoms with Gasteiger partial charge in [-0.3, -0.25) is 14.4 Å². The van der Waals surface area contributed by atoms with Gasteiger partial charge in [0.2, 0.25) is 0 Å². The molecule has 218 valence electrons. The van der Waals surface area contributed by atoms with Crippen LogP contribution in [0.3, 0.4) is 0 Å². The second-order valence-corrected chi connectivity index (χ2v) is 10.4. The minimum absolute atomic E-state index is 0.00648. The van der Waals surface area contributed by atoms with Crippen molar-refractivity contribution < 1.29 is 40.3 Å². The number of alkyl halides is 6. The first-order chi connectivity index (χ1) is 19.4. The van der Waals surface area contributed by atoms with Gasteiger partial charge in [0.1, 0.15) is 23.1 Å². The van der Waals surface area contributed by atoms with Crippen molar-refractivity contribution in [3.8, 4) is 33.5 Å². The maximum atomic E-state index is 13.2. The van der Waals surface area contributed by atoms with Crippen LogP contribution in [-0.4, -0.2) is 46.4 Å². The van der Waals surface area contributed by atoms with Crippen molar-refractivity contribution >= 4 is 11.3 Å². The number of nitrogens with zero attached hydrogens (tertiary/aromatic N) is 3. The largest absolute Gasteiger partial charge is 0.496 e. The highest BCUT2D eigenvalue weighted by Crippen LogP contribution is 2.37. The number of halogens is 6. The second-order valence-electron chi connectivity index (χ2n) is 9.32. The lowest BCUT2D eigenvalue weighted by Crippen LogP contribution is -2.27. The van der Waals surface area contributed by atoms with Gasteiger partial charge in [0, 0.05) is 24.7 Å². The molecule has 0 bridgehead atoms. The molecule has 8 nitrogen and oxygen atoms in total. The molecule has 0 amide bonds. The Hall–Kier alpha value is -3.85. The molecule has 0 saturated carbocycles. The normalized spacial score (nSPS) is 16.3. The van der Waals surface area contributed by atoms with Gasteiger partial charge in [-0.1, -0.05) is 17.3 Å². The molecule has 2 aromatic carbocycles. The number of likely N-dealkylation sites (tertiary alicyclic amines) is 1. The monoisotopic (exact) mass is 600 g/mol. The molecule has 0 spiro atoms. The first-order valence-corrected chi connectivity index (χ1v) is 13.0. The number of aromatic amines is 1. The van der Waals surface area contributed by atoms with E-state index in [2.05, 4.69) is 19.6 Å². The van der Waals surface area contributed by atoms with Gasteiger partial charge in [-0.05, 0) is 37.2 Å². The van der Waals surface area contributed by atoms with Crippen LogP contribution in [0.1, 0.15) is 22.6 Å². The first-order valence-electron chi connectivity index (χ1n) is 12.2. The maximum absolute atomic E-state index is 13.2. The zero-order valence-electron chi connectivity index (χ0n) is 21.3. The van der Waals surface area contributed by atoms with E-state index in [1.165, 1.54) is 30.6 Å². The summed E-state index contributed by atoms with van der Waals surface area (Å²) in [7, 11) is 1.42. The summed E-state index contributed by atoms with van der Waals surface area (Å²) < 4.78 is 94.6. The first kappa shape index (κ1) is 28.7. The second kappa shape index (κ2) is 11.2. The molecule has 1 N–H and O–H groups in total. The zero-order chi connectivity index (χ0) is 29.4. The third kappa shape index (κ3) is 6.56. The van der Waals surface area contributed by atoms with Crippen molar-refractivity contribution in [1.82, 2.24) is 20.0 Å². The van der Waals surface area contributed by atoms with Gasteiger partial charge in [-0.25, -0.2) is 9.78 Å². The van der Waals surface area contributed by atoms with Gasteiger partial charge in [-0.2, -0.15) is 26.3 Å². The Morgan fingerprint density at radius 3 is 2.49 bits per heavy atom. The van der Waals surface area contributed by atoms with Crippen LogP contribution < -0.4 is 15.2 Å². The van der Waals surface area contributed by atoms with E-state index >= 15 is 0 Å². The third-order valence-electron chi connectivity index (χ3n) is 6.58. The molecule has 5 rings (SSSR count). The van der Waals surface area contributed by atoms with Crippen LogP contribution in [0.2, 0.25) is 0 Å². The Bertz CT molecular complexity index is 1560. The Labute approximate surface area is 232 Å². The summed E-state index contributed by atoms with van der Waals surface area (Å²) in [5.41, 5.74) is 0.570. The van der Waals surface area contributed by atoms with Gasteiger partial charge >= 0.3 is 18.1 Å².